The van der Waals surface area contributed by atoms with Crippen LogP contribution in [-0.2, 0) is 17.6 Å². The molecule has 1 atom stereocenters. The second kappa shape index (κ2) is 8.69. The van der Waals surface area contributed by atoms with Gasteiger partial charge in [0.1, 0.15) is 0 Å². The number of nitrogens with one attached hydrogen (secondary N) is 1. The van der Waals surface area contributed by atoms with Crippen LogP contribution in [0.2, 0.25) is 0 Å². The van der Waals surface area contributed by atoms with Crippen LogP contribution in [0.25, 0.3) is 10.8 Å². The number of benzene rings is 3. The highest BCUT2D eigenvalue weighted by molar-refractivity contribution is 6.43. The van der Waals surface area contributed by atoms with Crippen LogP contribution in [0.3, 0.4) is 0 Å². The molecular formula is C21H20BNO5. The zero-order chi connectivity index (χ0) is 20.1. The topological polar surface area (TPSA) is 107 Å². The van der Waals surface area contributed by atoms with Gasteiger partial charge in [0.2, 0.25) is 5.91 Å². The summed E-state index contributed by atoms with van der Waals surface area (Å²) in [4.78, 5) is 23.5. The Bertz CT molecular complexity index is 1000. The van der Waals surface area contributed by atoms with Crippen molar-refractivity contribution in [2.75, 3.05) is 0 Å². The van der Waals surface area contributed by atoms with Crippen molar-refractivity contribution in [3.63, 3.8) is 0 Å². The van der Waals surface area contributed by atoms with Crippen LogP contribution in [0.1, 0.15) is 21.5 Å². The molecule has 28 heavy (non-hydrogen) atoms. The van der Waals surface area contributed by atoms with Gasteiger partial charge in [-0.05, 0) is 40.5 Å². The zero-order valence-corrected chi connectivity index (χ0v) is 15.1. The molecule has 3 rings (SSSR count). The van der Waals surface area contributed by atoms with Crippen LogP contribution in [0, 0.1) is 0 Å². The SMILES string of the molecule is O=C(Cc1ccc2ccccc2c1)N[C@@H](Cc1cccc(C(=O)O)c1)B(O)O. The van der Waals surface area contributed by atoms with Crippen LogP contribution < -0.4 is 5.32 Å². The van der Waals surface area contributed by atoms with Gasteiger partial charge in [0, 0.05) is 0 Å². The van der Waals surface area contributed by atoms with Gasteiger partial charge < -0.3 is 20.5 Å². The van der Waals surface area contributed by atoms with Crippen LogP contribution in [0.4, 0.5) is 0 Å². The summed E-state index contributed by atoms with van der Waals surface area (Å²) in [5, 5.41) is 33.1. The lowest BCUT2D eigenvalue weighted by molar-refractivity contribution is -0.120. The maximum absolute atomic E-state index is 12.4. The largest absolute Gasteiger partial charge is 0.478 e. The molecule has 6 nitrogen and oxygen atoms in total. The van der Waals surface area contributed by atoms with Crippen LogP contribution >= 0.6 is 0 Å². The van der Waals surface area contributed by atoms with E-state index in [0.29, 0.717) is 5.56 Å². The van der Waals surface area contributed by atoms with E-state index in [1.165, 1.54) is 12.1 Å². The van der Waals surface area contributed by atoms with Crippen molar-refractivity contribution in [1.82, 2.24) is 5.32 Å². The molecule has 0 spiro atoms. The molecule has 0 fully saturated rings. The first kappa shape index (κ1) is 19.6. The van der Waals surface area contributed by atoms with Crippen LogP contribution in [0.15, 0.2) is 66.7 Å². The maximum Gasteiger partial charge on any atom is 0.475 e. The summed E-state index contributed by atoms with van der Waals surface area (Å²) in [5.41, 5.74) is 1.51. The molecule has 142 valence electrons. The van der Waals surface area contributed by atoms with Crippen molar-refractivity contribution in [3.8, 4) is 0 Å². The van der Waals surface area contributed by atoms with Gasteiger partial charge in [-0.3, -0.25) is 4.79 Å². The Morgan fingerprint density at radius 3 is 2.36 bits per heavy atom. The second-order valence-electron chi connectivity index (χ2n) is 6.66. The number of amides is 1. The van der Waals surface area contributed by atoms with E-state index in [9.17, 15) is 19.6 Å². The fourth-order valence-electron chi connectivity index (χ4n) is 3.11. The lowest BCUT2D eigenvalue weighted by atomic mass is 9.75. The molecular weight excluding hydrogens is 357 g/mol. The van der Waals surface area contributed by atoms with Gasteiger partial charge in [0.05, 0.1) is 17.9 Å². The molecule has 0 bridgehead atoms. The molecule has 0 aliphatic rings. The average Bonchev–Trinajstić information content (AvgIpc) is 2.67. The van der Waals surface area contributed by atoms with Crippen molar-refractivity contribution in [3.05, 3.63) is 83.4 Å². The van der Waals surface area contributed by atoms with Gasteiger partial charge in [0.25, 0.3) is 0 Å². The summed E-state index contributed by atoms with van der Waals surface area (Å²) in [5.74, 6) is -2.36. The minimum atomic E-state index is -1.77. The first-order valence-corrected chi connectivity index (χ1v) is 8.88. The molecule has 3 aromatic rings. The predicted molar refractivity (Wildman–Crippen MR) is 107 cm³/mol. The molecule has 0 aromatic heterocycles. The summed E-state index contributed by atoms with van der Waals surface area (Å²) in [6.45, 7) is 0. The minimum absolute atomic E-state index is 0.0995. The summed E-state index contributed by atoms with van der Waals surface area (Å²) in [6, 6.07) is 19.7. The van der Waals surface area contributed by atoms with E-state index in [4.69, 9.17) is 5.11 Å². The number of carboxylic acids is 1. The standard InChI is InChI=1S/C21H20BNO5/c24-20(13-15-8-9-16-5-1-2-6-17(16)10-15)23-19(22(27)28)12-14-4-3-7-18(11-14)21(25)26/h1-11,19,27-28H,12-13H2,(H,23,24)(H,25,26)/t19-/m0/s1. The lowest BCUT2D eigenvalue weighted by Crippen LogP contribution is -2.48. The van der Waals surface area contributed by atoms with Crippen molar-refractivity contribution >= 4 is 29.8 Å². The normalized spacial score (nSPS) is 11.8. The number of aromatic carboxylic acids is 1. The Morgan fingerprint density at radius 2 is 1.64 bits per heavy atom. The predicted octanol–water partition coefficient (Wildman–Crippen LogP) is 1.82. The van der Waals surface area contributed by atoms with Gasteiger partial charge in [-0.1, -0.05) is 54.6 Å². The van der Waals surface area contributed by atoms with E-state index in [-0.39, 0.29) is 24.3 Å². The van der Waals surface area contributed by atoms with Gasteiger partial charge in [-0.2, -0.15) is 0 Å². The lowest BCUT2D eigenvalue weighted by Gasteiger charge is -2.18. The number of carbonyl (C=O) groups excluding carboxylic acids is 1. The quantitative estimate of drug-likeness (QED) is 0.470. The Hall–Kier alpha value is -3.16. The second-order valence-corrected chi connectivity index (χ2v) is 6.66. The molecule has 0 heterocycles. The maximum atomic E-state index is 12.4. The minimum Gasteiger partial charge on any atom is -0.478 e. The Morgan fingerprint density at radius 1 is 0.893 bits per heavy atom. The summed E-state index contributed by atoms with van der Waals surface area (Å²) >= 11 is 0. The van der Waals surface area contributed by atoms with E-state index in [1.807, 2.05) is 42.5 Å². The fraction of sp³-hybridized carbons (Fsp3) is 0.143. The Kier molecular flexibility index (Phi) is 6.08. The summed E-state index contributed by atoms with van der Waals surface area (Å²) in [7, 11) is -1.77. The Balaban J connectivity index is 1.68. The molecule has 0 unspecified atom stereocenters. The van der Waals surface area contributed by atoms with Crippen LogP contribution in [-0.4, -0.2) is 40.1 Å². The van der Waals surface area contributed by atoms with E-state index in [2.05, 4.69) is 5.32 Å². The number of hydrogen-bond donors (Lipinski definition) is 4. The summed E-state index contributed by atoms with van der Waals surface area (Å²) in [6.07, 6.45) is 0.200. The highest BCUT2D eigenvalue weighted by Crippen LogP contribution is 2.16. The first-order valence-electron chi connectivity index (χ1n) is 8.88. The van der Waals surface area contributed by atoms with E-state index >= 15 is 0 Å². The van der Waals surface area contributed by atoms with Crippen molar-refractivity contribution in [2.24, 2.45) is 0 Å². The fourth-order valence-corrected chi connectivity index (χ4v) is 3.11. The molecule has 0 aliphatic carbocycles. The number of fused-ring (bicyclic) bond motifs is 1. The molecule has 1 amide bonds. The van der Waals surface area contributed by atoms with Crippen LogP contribution in [0.5, 0.6) is 0 Å². The van der Waals surface area contributed by atoms with E-state index < -0.39 is 19.0 Å². The Labute approximate surface area is 162 Å². The van der Waals surface area contributed by atoms with E-state index in [1.54, 1.807) is 12.1 Å². The highest BCUT2D eigenvalue weighted by atomic mass is 16.4. The molecule has 0 saturated carbocycles. The van der Waals surface area contributed by atoms with Gasteiger partial charge in [-0.15, -0.1) is 0 Å². The molecule has 0 saturated heterocycles. The third kappa shape index (κ3) is 4.97. The van der Waals surface area contributed by atoms with Gasteiger partial charge in [-0.25, -0.2) is 4.79 Å². The molecule has 7 heteroatoms. The monoisotopic (exact) mass is 377 g/mol. The number of hydrogen-bond acceptors (Lipinski definition) is 4. The van der Waals surface area contributed by atoms with E-state index in [0.717, 1.165) is 16.3 Å². The zero-order valence-electron chi connectivity index (χ0n) is 15.1. The molecule has 0 radical (unpaired) electrons. The number of rotatable bonds is 7. The van der Waals surface area contributed by atoms with Crippen molar-refractivity contribution < 1.29 is 24.7 Å². The molecule has 0 aliphatic heterocycles. The molecule has 3 aromatic carbocycles. The third-order valence-electron chi connectivity index (χ3n) is 4.51. The van der Waals surface area contributed by atoms with Crippen molar-refractivity contribution in [1.29, 1.82) is 0 Å². The summed E-state index contributed by atoms with van der Waals surface area (Å²) < 4.78 is 0. The first-order chi connectivity index (χ1) is 13.4. The average molecular weight is 377 g/mol. The third-order valence-corrected chi connectivity index (χ3v) is 4.51. The smallest absolute Gasteiger partial charge is 0.475 e. The number of carbonyl (C=O) groups is 2. The molecule has 4 N–H and O–H groups in total. The number of carboxylic acid groups (broad SMARTS) is 1. The highest BCUT2D eigenvalue weighted by Gasteiger charge is 2.26. The van der Waals surface area contributed by atoms with Crippen molar-refractivity contribution in [2.45, 2.75) is 18.8 Å². The van der Waals surface area contributed by atoms with Gasteiger partial charge >= 0.3 is 13.1 Å². The van der Waals surface area contributed by atoms with Gasteiger partial charge in [0.15, 0.2) is 0 Å².